The topological polar surface area (TPSA) is 119 Å². The lowest BCUT2D eigenvalue weighted by atomic mass is 10.0. The van der Waals surface area contributed by atoms with Crippen LogP contribution in [0.15, 0.2) is 53.6 Å². The smallest absolute Gasteiger partial charge is 0.258 e. The number of aromatic nitrogens is 4. The van der Waals surface area contributed by atoms with Gasteiger partial charge in [-0.15, -0.1) is 0 Å². The highest BCUT2D eigenvalue weighted by atomic mass is 16.5. The minimum absolute atomic E-state index is 0.224. The molecule has 1 atom stereocenters. The third-order valence-electron chi connectivity index (χ3n) is 4.81. The number of H-pyrrole nitrogens is 2. The van der Waals surface area contributed by atoms with Gasteiger partial charge in [0, 0.05) is 11.8 Å². The average Bonchev–Trinajstić information content (AvgIpc) is 3.28. The Bertz CT molecular complexity index is 1200. The first-order valence-corrected chi connectivity index (χ1v) is 9.08. The summed E-state index contributed by atoms with van der Waals surface area (Å²) in [5.74, 6) is 1.72. The minimum Gasteiger partial charge on any atom is -0.493 e. The highest BCUT2D eigenvalue weighted by Gasteiger charge is 2.14. The Balaban J connectivity index is 1.64. The van der Waals surface area contributed by atoms with E-state index in [9.17, 15) is 4.79 Å². The van der Waals surface area contributed by atoms with Gasteiger partial charge in [0.25, 0.3) is 5.56 Å². The number of benzene rings is 2. The maximum absolute atomic E-state index is 12.7. The van der Waals surface area contributed by atoms with Gasteiger partial charge in [0.1, 0.15) is 5.82 Å². The highest BCUT2D eigenvalue weighted by Crippen LogP contribution is 2.29. The molecule has 0 saturated carbocycles. The molecule has 8 nitrogen and oxygen atoms in total. The zero-order valence-corrected chi connectivity index (χ0v) is 16.1. The van der Waals surface area contributed by atoms with Gasteiger partial charge in [-0.3, -0.25) is 9.89 Å². The molecular weight excluding hydrogens is 370 g/mol. The number of hydrogen-bond donors (Lipinski definition) is 3. The fourth-order valence-corrected chi connectivity index (χ4v) is 3.28. The SMILES string of the molecule is COc1ccc(CC(N)c2nc3ccc(-c4cn[nH]c4)cc3c(=O)[nH]2)cc1OC. The van der Waals surface area contributed by atoms with Crippen LogP contribution in [0.5, 0.6) is 11.5 Å². The van der Waals surface area contributed by atoms with Crippen molar-refractivity contribution in [3.8, 4) is 22.6 Å². The van der Waals surface area contributed by atoms with Crippen molar-refractivity contribution in [3.63, 3.8) is 0 Å². The molecule has 0 amide bonds. The van der Waals surface area contributed by atoms with E-state index >= 15 is 0 Å². The Hall–Kier alpha value is -3.65. The number of nitrogens with two attached hydrogens (primary N) is 1. The van der Waals surface area contributed by atoms with Gasteiger partial charge >= 0.3 is 0 Å². The van der Waals surface area contributed by atoms with E-state index in [0.717, 1.165) is 16.7 Å². The van der Waals surface area contributed by atoms with Crippen molar-refractivity contribution in [1.82, 2.24) is 20.2 Å². The molecule has 4 N–H and O–H groups in total. The molecule has 0 aliphatic carbocycles. The Labute approximate surface area is 166 Å². The van der Waals surface area contributed by atoms with Gasteiger partial charge in [-0.25, -0.2) is 4.98 Å². The van der Waals surface area contributed by atoms with E-state index in [1.807, 2.05) is 30.3 Å². The number of nitrogens with zero attached hydrogens (tertiary/aromatic N) is 2. The van der Waals surface area contributed by atoms with E-state index in [0.29, 0.717) is 34.6 Å². The first-order valence-electron chi connectivity index (χ1n) is 9.08. The van der Waals surface area contributed by atoms with Crippen LogP contribution in [0.25, 0.3) is 22.0 Å². The molecule has 4 rings (SSSR count). The van der Waals surface area contributed by atoms with Gasteiger partial charge < -0.3 is 20.2 Å². The van der Waals surface area contributed by atoms with Crippen LogP contribution in [0, 0.1) is 0 Å². The number of hydrogen-bond acceptors (Lipinski definition) is 6. The summed E-state index contributed by atoms with van der Waals surface area (Å²) in [6.45, 7) is 0. The van der Waals surface area contributed by atoms with Crippen molar-refractivity contribution in [2.45, 2.75) is 12.5 Å². The zero-order valence-electron chi connectivity index (χ0n) is 16.1. The van der Waals surface area contributed by atoms with Crippen LogP contribution in [0.2, 0.25) is 0 Å². The summed E-state index contributed by atoms with van der Waals surface area (Å²) in [5, 5.41) is 7.22. The molecule has 2 aromatic heterocycles. The number of fused-ring (bicyclic) bond motifs is 1. The third-order valence-corrected chi connectivity index (χ3v) is 4.81. The lowest BCUT2D eigenvalue weighted by molar-refractivity contribution is 0.354. The van der Waals surface area contributed by atoms with Crippen LogP contribution in [0.4, 0.5) is 0 Å². The first-order chi connectivity index (χ1) is 14.1. The number of aromatic amines is 2. The monoisotopic (exact) mass is 391 g/mol. The van der Waals surface area contributed by atoms with Gasteiger partial charge in [-0.2, -0.15) is 5.10 Å². The molecule has 29 heavy (non-hydrogen) atoms. The number of nitrogens with one attached hydrogen (secondary N) is 2. The zero-order chi connectivity index (χ0) is 20.4. The van der Waals surface area contributed by atoms with Gasteiger partial charge in [0.15, 0.2) is 11.5 Å². The lowest BCUT2D eigenvalue weighted by Gasteiger charge is -2.14. The molecule has 0 radical (unpaired) electrons. The summed E-state index contributed by atoms with van der Waals surface area (Å²) in [5.41, 5.74) is 9.46. The molecule has 0 bridgehead atoms. The van der Waals surface area contributed by atoms with Gasteiger partial charge in [-0.05, 0) is 41.8 Å². The van der Waals surface area contributed by atoms with Crippen molar-refractivity contribution < 1.29 is 9.47 Å². The summed E-state index contributed by atoms with van der Waals surface area (Å²) in [4.78, 5) is 20.0. The lowest BCUT2D eigenvalue weighted by Crippen LogP contribution is -2.21. The molecule has 2 heterocycles. The van der Waals surface area contributed by atoms with E-state index in [1.165, 1.54) is 0 Å². The number of ether oxygens (including phenoxy) is 2. The predicted molar refractivity (Wildman–Crippen MR) is 110 cm³/mol. The molecule has 1 unspecified atom stereocenters. The summed E-state index contributed by atoms with van der Waals surface area (Å²) in [7, 11) is 3.17. The van der Waals surface area contributed by atoms with Crippen molar-refractivity contribution in [2.24, 2.45) is 5.73 Å². The van der Waals surface area contributed by atoms with Crippen LogP contribution in [-0.2, 0) is 6.42 Å². The number of rotatable bonds is 6. The Morgan fingerprint density at radius 1 is 1.07 bits per heavy atom. The second-order valence-electron chi connectivity index (χ2n) is 6.67. The molecule has 0 aliphatic heterocycles. The molecule has 8 heteroatoms. The van der Waals surface area contributed by atoms with Crippen molar-refractivity contribution in [2.75, 3.05) is 14.2 Å². The quantitative estimate of drug-likeness (QED) is 0.465. The predicted octanol–water partition coefficient (Wildman–Crippen LogP) is 2.57. The van der Waals surface area contributed by atoms with E-state index in [1.54, 1.807) is 32.7 Å². The summed E-state index contributed by atoms with van der Waals surface area (Å²) in [6.07, 6.45) is 3.97. The van der Waals surface area contributed by atoms with E-state index < -0.39 is 6.04 Å². The minimum atomic E-state index is -0.473. The molecular formula is C21H21N5O3. The maximum Gasteiger partial charge on any atom is 0.258 e. The van der Waals surface area contributed by atoms with Gasteiger partial charge in [-0.1, -0.05) is 12.1 Å². The average molecular weight is 391 g/mol. The van der Waals surface area contributed by atoms with Crippen LogP contribution in [-0.4, -0.2) is 34.4 Å². The summed E-state index contributed by atoms with van der Waals surface area (Å²) >= 11 is 0. The normalized spacial score (nSPS) is 12.1. The second-order valence-corrected chi connectivity index (χ2v) is 6.67. The number of methoxy groups -OCH3 is 2. The van der Waals surface area contributed by atoms with Crippen LogP contribution >= 0.6 is 0 Å². The summed E-state index contributed by atoms with van der Waals surface area (Å²) in [6, 6.07) is 10.7. The molecule has 2 aromatic carbocycles. The van der Waals surface area contributed by atoms with Crippen LogP contribution in [0.3, 0.4) is 0 Å². The first kappa shape index (κ1) is 18.7. The van der Waals surface area contributed by atoms with Gasteiger partial charge in [0.05, 0.1) is 37.4 Å². The highest BCUT2D eigenvalue weighted by molar-refractivity contribution is 5.83. The van der Waals surface area contributed by atoms with E-state index in [-0.39, 0.29) is 5.56 Å². The van der Waals surface area contributed by atoms with Crippen molar-refractivity contribution in [3.05, 3.63) is 70.5 Å². The molecule has 0 aliphatic rings. The molecule has 4 aromatic rings. The fraction of sp³-hybridized carbons (Fsp3) is 0.190. The second kappa shape index (κ2) is 7.76. The largest absolute Gasteiger partial charge is 0.493 e. The summed E-state index contributed by atoms with van der Waals surface area (Å²) < 4.78 is 10.6. The van der Waals surface area contributed by atoms with Crippen LogP contribution < -0.4 is 20.8 Å². The van der Waals surface area contributed by atoms with E-state index in [2.05, 4.69) is 20.2 Å². The maximum atomic E-state index is 12.7. The Kier molecular flexibility index (Phi) is 5.01. The van der Waals surface area contributed by atoms with Crippen molar-refractivity contribution in [1.29, 1.82) is 0 Å². The molecule has 148 valence electrons. The molecule has 0 saturated heterocycles. The molecule has 0 fully saturated rings. The Morgan fingerprint density at radius 2 is 1.90 bits per heavy atom. The molecule has 0 spiro atoms. The van der Waals surface area contributed by atoms with E-state index in [4.69, 9.17) is 15.2 Å². The van der Waals surface area contributed by atoms with Crippen molar-refractivity contribution >= 4 is 10.9 Å². The fourth-order valence-electron chi connectivity index (χ4n) is 3.28. The van der Waals surface area contributed by atoms with Gasteiger partial charge in [0.2, 0.25) is 0 Å². The third kappa shape index (κ3) is 3.70. The van der Waals surface area contributed by atoms with Crippen LogP contribution in [0.1, 0.15) is 17.4 Å². The standard InChI is InChI=1S/C21H21N5O3/c1-28-18-6-3-12(8-19(18)29-2)7-16(22)20-25-17-5-4-13(14-10-23-24-11-14)9-15(17)21(27)26-20/h3-6,8-11,16H,7,22H2,1-2H3,(H,23,24)(H,25,26,27). The Morgan fingerprint density at radius 3 is 2.62 bits per heavy atom.